The monoisotopic (exact) mass is 361 g/mol. The Labute approximate surface area is 149 Å². The van der Waals surface area contributed by atoms with Gasteiger partial charge in [-0.15, -0.1) is 6.42 Å². The van der Waals surface area contributed by atoms with Crippen molar-refractivity contribution in [3.63, 3.8) is 0 Å². The molecule has 0 aliphatic heterocycles. The van der Waals surface area contributed by atoms with Gasteiger partial charge in [-0.3, -0.25) is 30.6 Å². The Morgan fingerprint density at radius 3 is 2.50 bits per heavy atom. The maximum absolute atomic E-state index is 12.1. The fourth-order valence-electron chi connectivity index (χ4n) is 1.94. The fraction of sp³-hybridized carbons (Fsp3) is 0.250. The number of carbonyl (C=O) groups is 4. The third-order valence-corrected chi connectivity index (χ3v) is 3.04. The molecule has 0 heterocycles. The molecular weight excluding hydrogens is 342 g/mol. The number of aliphatic carboxylic acids is 1. The quantitative estimate of drug-likeness (QED) is 0.169. The number of amides is 2. The number of rotatable bonds is 9. The lowest BCUT2D eigenvalue weighted by Gasteiger charge is -2.14. The van der Waals surface area contributed by atoms with Crippen LogP contribution < -0.4 is 27.4 Å². The van der Waals surface area contributed by atoms with E-state index in [1.54, 1.807) is 18.1 Å². The summed E-state index contributed by atoms with van der Waals surface area (Å²) in [5.41, 5.74) is 11.5. The summed E-state index contributed by atoms with van der Waals surface area (Å²) in [7, 11) is 0. The van der Waals surface area contributed by atoms with Gasteiger partial charge in [-0.05, 0) is 24.1 Å². The van der Waals surface area contributed by atoms with Crippen molar-refractivity contribution in [2.75, 3.05) is 11.9 Å². The van der Waals surface area contributed by atoms with Crippen molar-refractivity contribution in [1.82, 2.24) is 10.6 Å². The first-order valence-electron chi connectivity index (χ1n) is 7.40. The first kappa shape index (κ1) is 20.6. The van der Waals surface area contributed by atoms with E-state index in [0.29, 0.717) is 5.69 Å². The minimum atomic E-state index is -1.36. The molecule has 0 aliphatic carbocycles. The molecule has 2 amide bonds. The van der Waals surface area contributed by atoms with E-state index in [1.807, 2.05) is 0 Å². The number of carboxylic acids is 1. The summed E-state index contributed by atoms with van der Waals surface area (Å²) in [5.74, 6) is -1.74. The average Bonchev–Trinajstić information content (AvgIpc) is 2.57. The molecule has 10 nitrogen and oxygen atoms in total. The van der Waals surface area contributed by atoms with E-state index in [4.69, 9.17) is 23.0 Å². The van der Waals surface area contributed by atoms with E-state index in [9.17, 15) is 19.2 Å². The summed E-state index contributed by atoms with van der Waals surface area (Å²) < 4.78 is 0. The van der Waals surface area contributed by atoms with Gasteiger partial charge in [-0.25, -0.2) is 0 Å². The van der Waals surface area contributed by atoms with Gasteiger partial charge in [0.1, 0.15) is 12.3 Å². The van der Waals surface area contributed by atoms with Gasteiger partial charge in [0, 0.05) is 11.3 Å². The van der Waals surface area contributed by atoms with Crippen LogP contribution in [0.15, 0.2) is 24.3 Å². The fourth-order valence-corrected chi connectivity index (χ4v) is 1.94. The van der Waals surface area contributed by atoms with E-state index >= 15 is 0 Å². The molecule has 1 aromatic rings. The van der Waals surface area contributed by atoms with Crippen molar-refractivity contribution < 1.29 is 24.3 Å². The smallest absolute Gasteiger partial charge is 0.305 e. The van der Waals surface area contributed by atoms with Crippen molar-refractivity contribution >= 4 is 29.3 Å². The first-order chi connectivity index (χ1) is 12.2. The van der Waals surface area contributed by atoms with Crippen molar-refractivity contribution in [2.45, 2.75) is 18.8 Å². The SMILES string of the molecule is C#CC(=O)C(CC(=O)O)NC(=O)CNC(=O)c1cccc(NC(N)N)c1. The normalized spacial score (nSPS) is 11.2. The third kappa shape index (κ3) is 7.00. The first-order valence-corrected chi connectivity index (χ1v) is 7.40. The summed E-state index contributed by atoms with van der Waals surface area (Å²) in [5, 5.41) is 16.0. The van der Waals surface area contributed by atoms with Crippen LogP contribution in [0, 0.1) is 12.3 Å². The van der Waals surface area contributed by atoms with E-state index in [-0.39, 0.29) is 5.56 Å². The molecule has 0 radical (unpaired) electrons. The molecular formula is C16H19N5O5. The minimum absolute atomic E-state index is 0.241. The summed E-state index contributed by atoms with van der Waals surface area (Å²) in [6.07, 6.45) is 3.47. The molecule has 8 N–H and O–H groups in total. The van der Waals surface area contributed by atoms with Crippen LogP contribution in [0.1, 0.15) is 16.8 Å². The van der Waals surface area contributed by atoms with Crippen LogP contribution in [-0.2, 0) is 14.4 Å². The van der Waals surface area contributed by atoms with Gasteiger partial charge in [-0.2, -0.15) is 0 Å². The van der Waals surface area contributed by atoms with Gasteiger partial charge < -0.3 is 21.1 Å². The molecule has 1 atom stereocenters. The Bertz CT molecular complexity index is 741. The predicted octanol–water partition coefficient (Wildman–Crippen LogP) is -1.81. The highest BCUT2D eigenvalue weighted by molar-refractivity contribution is 6.03. The number of nitrogens with one attached hydrogen (secondary N) is 3. The summed E-state index contributed by atoms with van der Waals surface area (Å²) in [6, 6.07) is 4.87. The van der Waals surface area contributed by atoms with Crippen LogP contribution in [0.2, 0.25) is 0 Å². The molecule has 0 saturated heterocycles. The van der Waals surface area contributed by atoms with Gasteiger partial charge in [0.05, 0.1) is 13.0 Å². The summed E-state index contributed by atoms with van der Waals surface area (Å²) in [6.45, 7) is -0.471. The molecule has 26 heavy (non-hydrogen) atoms. The van der Waals surface area contributed by atoms with Gasteiger partial charge in [-0.1, -0.05) is 6.07 Å². The third-order valence-electron chi connectivity index (χ3n) is 3.04. The number of hydrogen-bond acceptors (Lipinski definition) is 7. The molecule has 1 aromatic carbocycles. The number of anilines is 1. The van der Waals surface area contributed by atoms with Crippen LogP contribution >= 0.6 is 0 Å². The number of nitrogens with two attached hydrogens (primary N) is 2. The highest BCUT2D eigenvalue weighted by Gasteiger charge is 2.22. The van der Waals surface area contributed by atoms with E-state index in [2.05, 4.69) is 16.0 Å². The zero-order valence-corrected chi connectivity index (χ0v) is 13.7. The second-order valence-corrected chi connectivity index (χ2v) is 5.16. The molecule has 1 rings (SSSR count). The van der Waals surface area contributed by atoms with Crippen molar-refractivity contribution in [2.24, 2.45) is 11.5 Å². The second kappa shape index (κ2) is 9.77. The molecule has 0 aromatic heterocycles. The Morgan fingerprint density at radius 1 is 1.23 bits per heavy atom. The molecule has 0 saturated carbocycles. The van der Waals surface area contributed by atoms with E-state index in [1.165, 1.54) is 12.1 Å². The zero-order valence-electron chi connectivity index (χ0n) is 13.7. The van der Waals surface area contributed by atoms with Crippen molar-refractivity contribution in [1.29, 1.82) is 0 Å². The molecule has 0 aliphatic rings. The van der Waals surface area contributed by atoms with Gasteiger partial charge in [0.2, 0.25) is 11.7 Å². The lowest BCUT2D eigenvalue weighted by molar-refractivity contribution is -0.139. The number of carbonyl (C=O) groups excluding carboxylic acids is 3. The summed E-state index contributed by atoms with van der Waals surface area (Å²) >= 11 is 0. The van der Waals surface area contributed by atoms with Crippen molar-refractivity contribution in [3.8, 4) is 12.3 Å². The number of benzene rings is 1. The van der Waals surface area contributed by atoms with Gasteiger partial charge in [0.15, 0.2) is 0 Å². The summed E-state index contributed by atoms with van der Waals surface area (Å²) in [4.78, 5) is 46.0. The Kier molecular flexibility index (Phi) is 7.75. The van der Waals surface area contributed by atoms with Crippen molar-refractivity contribution in [3.05, 3.63) is 29.8 Å². The maximum atomic E-state index is 12.1. The number of terminal acetylenes is 1. The largest absolute Gasteiger partial charge is 0.481 e. The predicted molar refractivity (Wildman–Crippen MR) is 92.6 cm³/mol. The topological polar surface area (TPSA) is 177 Å². The van der Waals surface area contributed by atoms with E-state index < -0.39 is 48.9 Å². The van der Waals surface area contributed by atoms with Crippen LogP contribution in [-0.4, -0.2) is 47.5 Å². The lowest BCUT2D eigenvalue weighted by Crippen LogP contribution is -2.46. The zero-order chi connectivity index (χ0) is 19.7. The molecule has 1 unspecified atom stereocenters. The Hall–Kier alpha value is -3.42. The molecule has 0 fully saturated rings. The lowest BCUT2D eigenvalue weighted by atomic mass is 10.1. The van der Waals surface area contributed by atoms with Crippen LogP contribution in [0.5, 0.6) is 0 Å². The number of ketones is 1. The van der Waals surface area contributed by atoms with E-state index in [0.717, 1.165) is 0 Å². The Balaban J connectivity index is 2.63. The standard InChI is InChI=1S/C16H19N5O5/c1-2-12(22)11(7-14(24)25)21-13(23)8-19-15(26)9-4-3-5-10(6-9)20-16(17)18/h1,3-6,11,16,20H,7-8,17-18H2,(H,19,26)(H,21,23)(H,24,25). The Morgan fingerprint density at radius 2 is 1.92 bits per heavy atom. The van der Waals surface area contributed by atoms with Gasteiger partial charge in [0.25, 0.3) is 5.91 Å². The number of hydrogen-bond donors (Lipinski definition) is 6. The molecule has 0 bridgehead atoms. The molecule has 10 heteroatoms. The highest BCUT2D eigenvalue weighted by Crippen LogP contribution is 2.10. The minimum Gasteiger partial charge on any atom is -0.481 e. The molecule has 0 spiro atoms. The molecule has 138 valence electrons. The van der Waals surface area contributed by atoms with Crippen LogP contribution in [0.4, 0.5) is 5.69 Å². The number of carboxylic acid groups (broad SMARTS) is 1. The van der Waals surface area contributed by atoms with Gasteiger partial charge >= 0.3 is 5.97 Å². The average molecular weight is 361 g/mol. The second-order valence-electron chi connectivity index (χ2n) is 5.16. The van der Waals surface area contributed by atoms with Crippen LogP contribution in [0.3, 0.4) is 0 Å². The highest BCUT2D eigenvalue weighted by atomic mass is 16.4. The maximum Gasteiger partial charge on any atom is 0.305 e. The van der Waals surface area contributed by atoms with Crippen LogP contribution in [0.25, 0.3) is 0 Å². The number of Topliss-reactive ketones (excluding diaryl/α,β-unsaturated/α-hetero) is 1.